The average Bonchev–Trinajstić information content (AvgIpc) is 2.46. The van der Waals surface area contributed by atoms with Gasteiger partial charge in [-0.05, 0) is 19.1 Å². The number of nitrogens with one attached hydrogen (secondary N) is 1. The summed E-state index contributed by atoms with van der Waals surface area (Å²) in [5.41, 5.74) is 1.23. The first-order chi connectivity index (χ1) is 10.0. The lowest BCUT2D eigenvalue weighted by Crippen LogP contribution is -2.35. The zero-order chi connectivity index (χ0) is 15.4. The molecule has 0 atom stereocenters. The van der Waals surface area contributed by atoms with Crippen LogP contribution in [-0.2, 0) is 4.79 Å². The van der Waals surface area contributed by atoms with E-state index in [4.69, 9.17) is 5.11 Å². The maximum atomic E-state index is 11.7. The third-order valence-corrected chi connectivity index (χ3v) is 3.08. The van der Waals surface area contributed by atoms with Crippen molar-refractivity contribution in [2.75, 3.05) is 25.0 Å². The van der Waals surface area contributed by atoms with E-state index in [1.807, 2.05) is 19.1 Å². The molecule has 2 N–H and O–H groups in total. The molecule has 6 heteroatoms. The summed E-state index contributed by atoms with van der Waals surface area (Å²) in [6.07, 6.45) is 0. The normalized spacial score (nSPS) is 10.4. The van der Waals surface area contributed by atoms with E-state index in [0.29, 0.717) is 17.7 Å². The number of carboxylic acid groups (broad SMARTS) is 1. The molecule has 1 aromatic heterocycles. The monoisotopic (exact) mass is 287 g/mol. The molecule has 0 saturated heterocycles. The van der Waals surface area contributed by atoms with E-state index < -0.39 is 5.97 Å². The number of carbonyl (C=O) groups is 2. The standard InChI is InChI=1S/C15H17N3O3/c1-3-16-14(19)9-18(2)13-8-12(15(20)21)17-11-7-5-4-6-10(11)13/h4-8H,3,9H2,1-2H3,(H,16,19)(H,20,21). The third-order valence-electron chi connectivity index (χ3n) is 3.08. The SMILES string of the molecule is CCNC(=O)CN(C)c1cc(C(=O)O)nc2ccccc12. The highest BCUT2D eigenvalue weighted by atomic mass is 16.4. The van der Waals surface area contributed by atoms with Gasteiger partial charge in [-0.25, -0.2) is 9.78 Å². The molecule has 110 valence electrons. The van der Waals surface area contributed by atoms with Crippen molar-refractivity contribution in [3.8, 4) is 0 Å². The van der Waals surface area contributed by atoms with Gasteiger partial charge in [0.05, 0.1) is 12.1 Å². The Kier molecular flexibility index (Phi) is 4.37. The Balaban J connectivity index is 2.45. The fraction of sp³-hybridized carbons (Fsp3) is 0.267. The average molecular weight is 287 g/mol. The first-order valence-electron chi connectivity index (χ1n) is 6.64. The van der Waals surface area contributed by atoms with E-state index >= 15 is 0 Å². The molecule has 0 spiro atoms. The molecular formula is C15H17N3O3. The van der Waals surface area contributed by atoms with Gasteiger partial charge < -0.3 is 15.3 Å². The van der Waals surface area contributed by atoms with Gasteiger partial charge in [0.1, 0.15) is 0 Å². The molecular weight excluding hydrogens is 270 g/mol. The number of anilines is 1. The van der Waals surface area contributed by atoms with Crippen LogP contribution in [-0.4, -0.2) is 42.1 Å². The van der Waals surface area contributed by atoms with Crippen LogP contribution in [0.1, 0.15) is 17.4 Å². The zero-order valence-electron chi connectivity index (χ0n) is 12.0. The van der Waals surface area contributed by atoms with Crippen LogP contribution in [0.4, 0.5) is 5.69 Å². The first kappa shape index (κ1) is 14.8. The van der Waals surface area contributed by atoms with Crippen LogP contribution in [0.3, 0.4) is 0 Å². The number of pyridine rings is 1. The molecule has 0 aliphatic carbocycles. The molecule has 2 aromatic rings. The summed E-state index contributed by atoms with van der Waals surface area (Å²) in [5, 5.41) is 12.7. The topological polar surface area (TPSA) is 82.5 Å². The minimum atomic E-state index is -1.09. The predicted molar refractivity (Wildman–Crippen MR) is 80.7 cm³/mol. The van der Waals surface area contributed by atoms with Crippen molar-refractivity contribution < 1.29 is 14.7 Å². The van der Waals surface area contributed by atoms with Gasteiger partial charge in [-0.3, -0.25) is 4.79 Å². The Morgan fingerprint density at radius 3 is 2.71 bits per heavy atom. The molecule has 6 nitrogen and oxygen atoms in total. The highest BCUT2D eigenvalue weighted by Gasteiger charge is 2.15. The quantitative estimate of drug-likeness (QED) is 0.871. The molecule has 0 aliphatic heterocycles. The summed E-state index contributed by atoms with van der Waals surface area (Å²) in [7, 11) is 1.75. The Bertz CT molecular complexity index is 685. The summed E-state index contributed by atoms with van der Waals surface area (Å²) < 4.78 is 0. The number of likely N-dealkylation sites (N-methyl/N-ethyl adjacent to an activating group) is 2. The number of hydrogen-bond acceptors (Lipinski definition) is 4. The molecule has 21 heavy (non-hydrogen) atoms. The number of aromatic carboxylic acids is 1. The molecule has 0 fully saturated rings. The second-order valence-corrected chi connectivity index (χ2v) is 4.66. The van der Waals surface area contributed by atoms with Crippen LogP contribution >= 0.6 is 0 Å². The van der Waals surface area contributed by atoms with Crippen molar-refractivity contribution in [3.63, 3.8) is 0 Å². The molecule has 1 heterocycles. The number of nitrogens with zero attached hydrogens (tertiary/aromatic N) is 2. The molecule has 2 rings (SSSR count). The van der Waals surface area contributed by atoms with Crippen LogP contribution < -0.4 is 10.2 Å². The smallest absolute Gasteiger partial charge is 0.354 e. The minimum Gasteiger partial charge on any atom is -0.477 e. The maximum Gasteiger partial charge on any atom is 0.354 e. The first-order valence-corrected chi connectivity index (χ1v) is 6.64. The number of fused-ring (bicyclic) bond motifs is 1. The Morgan fingerprint density at radius 1 is 1.33 bits per heavy atom. The van der Waals surface area contributed by atoms with Gasteiger partial charge in [0, 0.05) is 24.7 Å². The number of benzene rings is 1. The third kappa shape index (κ3) is 3.28. The lowest BCUT2D eigenvalue weighted by Gasteiger charge is -2.20. The van der Waals surface area contributed by atoms with Crippen LogP contribution in [0.5, 0.6) is 0 Å². The number of hydrogen-bond donors (Lipinski definition) is 2. The minimum absolute atomic E-state index is 0.0357. The van der Waals surface area contributed by atoms with Crippen molar-refractivity contribution in [2.24, 2.45) is 0 Å². The fourth-order valence-corrected chi connectivity index (χ4v) is 2.14. The van der Waals surface area contributed by atoms with Gasteiger partial charge >= 0.3 is 5.97 Å². The van der Waals surface area contributed by atoms with E-state index in [1.54, 1.807) is 24.1 Å². The second-order valence-electron chi connectivity index (χ2n) is 4.66. The number of amides is 1. The van der Waals surface area contributed by atoms with E-state index in [2.05, 4.69) is 10.3 Å². The second kappa shape index (κ2) is 6.21. The molecule has 0 radical (unpaired) electrons. The van der Waals surface area contributed by atoms with E-state index in [1.165, 1.54) is 6.07 Å². The Labute approximate surface area is 122 Å². The predicted octanol–water partition coefficient (Wildman–Crippen LogP) is 1.51. The van der Waals surface area contributed by atoms with Crippen LogP contribution in [0.2, 0.25) is 0 Å². The van der Waals surface area contributed by atoms with Gasteiger partial charge in [-0.1, -0.05) is 18.2 Å². The molecule has 0 aliphatic rings. The summed E-state index contributed by atoms with van der Waals surface area (Å²) in [6.45, 7) is 2.56. The largest absolute Gasteiger partial charge is 0.477 e. The summed E-state index contributed by atoms with van der Waals surface area (Å²) in [5.74, 6) is -1.20. The van der Waals surface area contributed by atoms with Crippen molar-refractivity contribution in [1.82, 2.24) is 10.3 Å². The van der Waals surface area contributed by atoms with E-state index in [9.17, 15) is 9.59 Å². The van der Waals surface area contributed by atoms with Crippen molar-refractivity contribution in [2.45, 2.75) is 6.92 Å². The zero-order valence-corrected chi connectivity index (χ0v) is 12.0. The van der Waals surface area contributed by atoms with Crippen LogP contribution in [0.25, 0.3) is 10.9 Å². The highest BCUT2D eigenvalue weighted by molar-refractivity contribution is 5.98. The van der Waals surface area contributed by atoms with Crippen LogP contribution in [0.15, 0.2) is 30.3 Å². The number of carboxylic acids is 1. The molecule has 0 saturated carbocycles. The van der Waals surface area contributed by atoms with Crippen molar-refractivity contribution in [1.29, 1.82) is 0 Å². The maximum absolute atomic E-state index is 11.7. The summed E-state index contributed by atoms with van der Waals surface area (Å²) in [4.78, 5) is 28.7. The number of rotatable bonds is 5. The van der Waals surface area contributed by atoms with Crippen LogP contribution in [0, 0.1) is 0 Å². The molecule has 1 amide bonds. The molecule has 0 unspecified atom stereocenters. The number of aromatic nitrogens is 1. The fourth-order valence-electron chi connectivity index (χ4n) is 2.14. The lowest BCUT2D eigenvalue weighted by molar-refractivity contribution is -0.119. The summed E-state index contributed by atoms with van der Waals surface area (Å²) >= 11 is 0. The molecule has 1 aromatic carbocycles. The van der Waals surface area contributed by atoms with E-state index in [0.717, 1.165) is 5.39 Å². The van der Waals surface area contributed by atoms with Gasteiger partial charge in [0.25, 0.3) is 0 Å². The Morgan fingerprint density at radius 2 is 2.05 bits per heavy atom. The van der Waals surface area contributed by atoms with Gasteiger partial charge in [0.15, 0.2) is 5.69 Å². The van der Waals surface area contributed by atoms with Gasteiger partial charge in [-0.15, -0.1) is 0 Å². The Hall–Kier alpha value is -2.63. The van der Waals surface area contributed by atoms with Crippen molar-refractivity contribution in [3.05, 3.63) is 36.0 Å². The summed E-state index contributed by atoms with van der Waals surface area (Å²) in [6, 6.07) is 8.76. The van der Waals surface area contributed by atoms with Gasteiger partial charge in [0.2, 0.25) is 5.91 Å². The van der Waals surface area contributed by atoms with E-state index in [-0.39, 0.29) is 18.1 Å². The highest BCUT2D eigenvalue weighted by Crippen LogP contribution is 2.25. The lowest BCUT2D eigenvalue weighted by atomic mass is 10.1. The number of carbonyl (C=O) groups excluding carboxylic acids is 1. The number of para-hydroxylation sites is 1. The van der Waals surface area contributed by atoms with Gasteiger partial charge in [-0.2, -0.15) is 0 Å². The molecule has 0 bridgehead atoms. The van der Waals surface area contributed by atoms with Crippen molar-refractivity contribution >= 4 is 28.5 Å².